The normalized spacial score (nSPS) is 15.9. The molecule has 3 heteroatoms. The van der Waals surface area contributed by atoms with E-state index in [1.165, 1.54) is 44.9 Å². The summed E-state index contributed by atoms with van der Waals surface area (Å²) >= 11 is 0. The number of phenolic OH excluding ortho intramolecular Hbond substituents is 2. The average Bonchev–Trinajstić information content (AvgIpc) is 2.63. The van der Waals surface area contributed by atoms with Gasteiger partial charge in [-0.2, -0.15) is 0 Å². The van der Waals surface area contributed by atoms with Crippen molar-refractivity contribution in [2.45, 2.75) is 118 Å². The van der Waals surface area contributed by atoms with Crippen LogP contribution in [0.5, 0.6) is 11.5 Å². The molecular formula is C27H48O3. The fraction of sp³-hybridized carbons (Fsp3) is 0.778. The Morgan fingerprint density at radius 2 is 1.27 bits per heavy atom. The molecule has 3 atom stereocenters. The smallest absolute Gasteiger partial charge is 0.157 e. The van der Waals surface area contributed by atoms with E-state index >= 15 is 0 Å². The van der Waals surface area contributed by atoms with Crippen LogP contribution in [0.15, 0.2) is 12.1 Å². The van der Waals surface area contributed by atoms with Gasteiger partial charge in [-0.1, -0.05) is 79.1 Å². The highest BCUT2D eigenvalue weighted by Crippen LogP contribution is 2.30. The number of aliphatic hydroxyl groups is 1. The maximum absolute atomic E-state index is 10.8. The number of phenols is 2. The SMILES string of the molecule is Cc1cc(O)c(O)cc1CCC(C)(O)CCCC(C)CCCC(C)CCCC(C)C. The summed E-state index contributed by atoms with van der Waals surface area (Å²) in [5.41, 5.74) is 1.25. The third kappa shape index (κ3) is 11.2. The second kappa shape index (κ2) is 13.2. The molecule has 3 nitrogen and oxygen atoms in total. The Bertz CT molecular complexity index is 606. The lowest BCUT2D eigenvalue weighted by Crippen LogP contribution is -2.25. The number of hydrogen-bond acceptors (Lipinski definition) is 3. The Labute approximate surface area is 185 Å². The molecule has 1 rings (SSSR count). The Kier molecular flexibility index (Phi) is 11.8. The summed E-state index contributed by atoms with van der Waals surface area (Å²) in [4.78, 5) is 0. The molecule has 1 aromatic carbocycles. The third-order valence-electron chi connectivity index (χ3n) is 6.65. The fourth-order valence-electron chi connectivity index (χ4n) is 4.33. The molecule has 0 amide bonds. The monoisotopic (exact) mass is 420 g/mol. The Morgan fingerprint density at radius 1 is 0.767 bits per heavy atom. The zero-order valence-corrected chi connectivity index (χ0v) is 20.5. The van der Waals surface area contributed by atoms with E-state index in [2.05, 4.69) is 27.7 Å². The number of rotatable bonds is 15. The van der Waals surface area contributed by atoms with Gasteiger partial charge in [-0.15, -0.1) is 0 Å². The maximum Gasteiger partial charge on any atom is 0.157 e. The quantitative estimate of drug-likeness (QED) is 0.257. The van der Waals surface area contributed by atoms with E-state index in [0.717, 1.165) is 41.7 Å². The van der Waals surface area contributed by atoms with Crippen molar-refractivity contribution in [3.05, 3.63) is 23.3 Å². The Balaban J connectivity index is 2.22. The van der Waals surface area contributed by atoms with Crippen LogP contribution in [0, 0.1) is 24.7 Å². The molecule has 0 radical (unpaired) electrons. The van der Waals surface area contributed by atoms with Gasteiger partial charge in [-0.25, -0.2) is 0 Å². The van der Waals surface area contributed by atoms with Gasteiger partial charge in [0, 0.05) is 0 Å². The van der Waals surface area contributed by atoms with Gasteiger partial charge in [-0.05, 0) is 74.1 Å². The largest absolute Gasteiger partial charge is 0.504 e. The predicted molar refractivity (Wildman–Crippen MR) is 128 cm³/mol. The van der Waals surface area contributed by atoms with Gasteiger partial charge >= 0.3 is 0 Å². The van der Waals surface area contributed by atoms with Crippen molar-refractivity contribution in [1.29, 1.82) is 0 Å². The lowest BCUT2D eigenvalue weighted by atomic mass is 9.87. The molecule has 0 aliphatic rings. The standard InChI is InChI=1S/C27H48O3/c1-20(2)10-7-11-21(3)12-8-13-22(4)14-9-16-27(6,30)17-15-24-19-26(29)25(28)18-23(24)5/h18-22,28-30H,7-17H2,1-6H3. The van der Waals surface area contributed by atoms with Crippen molar-refractivity contribution in [1.82, 2.24) is 0 Å². The first kappa shape index (κ1) is 26.8. The van der Waals surface area contributed by atoms with E-state index in [0.29, 0.717) is 12.8 Å². The molecule has 3 N–H and O–H groups in total. The summed E-state index contributed by atoms with van der Waals surface area (Å²) in [7, 11) is 0. The topological polar surface area (TPSA) is 60.7 Å². The zero-order chi connectivity index (χ0) is 22.7. The number of aryl methyl sites for hydroxylation is 2. The summed E-state index contributed by atoms with van der Waals surface area (Å²) in [5, 5.41) is 30.0. The maximum atomic E-state index is 10.8. The highest BCUT2D eigenvalue weighted by Gasteiger charge is 2.21. The van der Waals surface area contributed by atoms with E-state index in [4.69, 9.17) is 0 Å². The lowest BCUT2D eigenvalue weighted by Gasteiger charge is -2.24. The van der Waals surface area contributed by atoms with E-state index in [1.807, 2.05) is 13.8 Å². The van der Waals surface area contributed by atoms with Crippen LogP contribution in [0.1, 0.15) is 110 Å². The van der Waals surface area contributed by atoms with E-state index in [9.17, 15) is 15.3 Å². The van der Waals surface area contributed by atoms with Crippen molar-refractivity contribution in [3.8, 4) is 11.5 Å². The molecule has 3 unspecified atom stereocenters. The highest BCUT2D eigenvalue weighted by molar-refractivity contribution is 5.45. The zero-order valence-electron chi connectivity index (χ0n) is 20.5. The van der Waals surface area contributed by atoms with Crippen molar-refractivity contribution in [3.63, 3.8) is 0 Å². The van der Waals surface area contributed by atoms with Crippen LogP contribution in [0.3, 0.4) is 0 Å². The van der Waals surface area contributed by atoms with Crippen LogP contribution >= 0.6 is 0 Å². The number of aromatic hydroxyl groups is 2. The minimum Gasteiger partial charge on any atom is -0.504 e. The van der Waals surface area contributed by atoms with Crippen LogP contribution in [-0.2, 0) is 6.42 Å². The molecule has 0 fully saturated rings. The second-order valence-electron chi connectivity index (χ2n) is 10.6. The molecule has 0 aliphatic heterocycles. The first-order valence-electron chi connectivity index (χ1n) is 12.2. The minimum atomic E-state index is -0.690. The molecule has 30 heavy (non-hydrogen) atoms. The first-order chi connectivity index (χ1) is 14.0. The first-order valence-corrected chi connectivity index (χ1v) is 12.2. The Hall–Kier alpha value is -1.22. The van der Waals surface area contributed by atoms with Gasteiger partial charge in [0.2, 0.25) is 0 Å². The van der Waals surface area contributed by atoms with Gasteiger partial charge in [0.15, 0.2) is 11.5 Å². The highest BCUT2D eigenvalue weighted by atomic mass is 16.3. The Morgan fingerprint density at radius 3 is 1.83 bits per heavy atom. The molecular weight excluding hydrogens is 372 g/mol. The molecule has 1 aromatic rings. The fourth-order valence-corrected chi connectivity index (χ4v) is 4.33. The van der Waals surface area contributed by atoms with Crippen LogP contribution in [-0.4, -0.2) is 20.9 Å². The van der Waals surface area contributed by atoms with E-state index in [1.54, 1.807) is 12.1 Å². The molecule has 0 aromatic heterocycles. The van der Waals surface area contributed by atoms with E-state index in [-0.39, 0.29) is 11.5 Å². The van der Waals surface area contributed by atoms with Gasteiger partial charge in [0.05, 0.1) is 5.60 Å². The van der Waals surface area contributed by atoms with Crippen LogP contribution in [0.2, 0.25) is 0 Å². The lowest BCUT2D eigenvalue weighted by molar-refractivity contribution is 0.0386. The summed E-state index contributed by atoms with van der Waals surface area (Å²) in [5.74, 6) is 2.23. The van der Waals surface area contributed by atoms with Gasteiger partial charge in [0.25, 0.3) is 0 Å². The molecule has 0 saturated heterocycles. The number of benzene rings is 1. The predicted octanol–water partition coefficient (Wildman–Crippen LogP) is 7.53. The minimum absolute atomic E-state index is 0.0815. The van der Waals surface area contributed by atoms with Gasteiger partial charge in [-0.3, -0.25) is 0 Å². The van der Waals surface area contributed by atoms with Crippen LogP contribution in [0.4, 0.5) is 0 Å². The van der Waals surface area contributed by atoms with Crippen molar-refractivity contribution in [2.24, 2.45) is 17.8 Å². The van der Waals surface area contributed by atoms with Crippen LogP contribution in [0.25, 0.3) is 0 Å². The number of hydrogen-bond donors (Lipinski definition) is 3. The van der Waals surface area contributed by atoms with Crippen molar-refractivity contribution < 1.29 is 15.3 Å². The summed E-state index contributed by atoms with van der Waals surface area (Å²) in [6.45, 7) is 13.2. The van der Waals surface area contributed by atoms with Gasteiger partial charge < -0.3 is 15.3 Å². The summed E-state index contributed by atoms with van der Waals surface area (Å²) < 4.78 is 0. The van der Waals surface area contributed by atoms with Crippen molar-refractivity contribution in [2.75, 3.05) is 0 Å². The molecule has 0 spiro atoms. The van der Waals surface area contributed by atoms with Gasteiger partial charge in [0.1, 0.15) is 0 Å². The second-order valence-corrected chi connectivity index (χ2v) is 10.6. The third-order valence-corrected chi connectivity index (χ3v) is 6.65. The average molecular weight is 421 g/mol. The molecule has 174 valence electrons. The molecule has 0 heterocycles. The molecule has 0 aliphatic carbocycles. The van der Waals surface area contributed by atoms with Crippen molar-refractivity contribution >= 4 is 0 Å². The molecule has 0 saturated carbocycles. The van der Waals surface area contributed by atoms with E-state index < -0.39 is 5.60 Å². The molecule has 0 bridgehead atoms. The summed E-state index contributed by atoms with van der Waals surface area (Å²) in [6, 6.07) is 3.21. The summed E-state index contributed by atoms with van der Waals surface area (Å²) in [6.07, 6.45) is 12.5. The van der Waals surface area contributed by atoms with Crippen LogP contribution < -0.4 is 0 Å².